The molecule has 180 valence electrons. The molecule has 0 radical (unpaired) electrons. The van der Waals surface area contributed by atoms with E-state index in [1.807, 2.05) is 18.2 Å². The molecule has 0 aromatic heterocycles. The number of carbonyl (C=O) groups excluding carboxylic acids is 2. The number of amides is 2. The van der Waals surface area contributed by atoms with Crippen molar-refractivity contribution in [3.8, 4) is 5.75 Å². The summed E-state index contributed by atoms with van der Waals surface area (Å²) in [6.45, 7) is 0. The zero-order valence-electron chi connectivity index (χ0n) is 19.3. The molecule has 2 heterocycles. The van der Waals surface area contributed by atoms with E-state index in [1.165, 1.54) is 16.0 Å². The number of ether oxygens (including phenoxy) is 1. The zero-order chi connectivity index (χ0) is 24.7. The summed E-state index contributed by atoms with van der Waals surface area (Å²) in [5, 5.41) is 8.82. The van der Waals surface area contributed by atoms with Crippen molar-refractivity contribution in [2.24, 2.45) is 16.5 Å². The van der Waals surface area contributed by atoms with Crippen LogP contribution in [0.25, 0.3) is 0 Å². The van der Waals surface area contributed by atoms with Gasteiger partial charge in [-0.2, -0.15) is 4.99 Å². The van der Waals surface area contributed by atoms with E-state index in [0.29, 0.717) is 6.42 Å². The fraction of sp³-hybridized carbons (Fsp3) is 0.333. The van der Waals surface area contributed by atoms with Crippen LogP contribution in [0.3, 0.4) is 0 Å². The Kier molecular flexibility index (Phi) is 8.53. The van der Waals surface area contributed by atoms with Gasteiger partial charge in [-0.05, 0) is 42.0 Å². The molecule has 10 heteroatoms. The van der Waals surface area contributed by atoms with Crippen LogP contribution in [0.5, 0.6) is 5.75 Å². The summed E-state index contributed by atoms with van der Waals surface area (Å²) in [5.41, 5.74) is 13.5. The minimum atomic E-state index is -0.319. The molecule has 2 aliphatic heterocycles. The third kappa shape index (κ3) is 7.24. The van der Waals surface area contributed by atoms with Gasteiger partial charge in [0.25, 0.3) is 5.24 Å². The number of imide groups is 1. The summed E-state index contributed by atoms with van der Waals surface area (Å²) in [7, 11) is 3.38. The van der Waals surface area contributed by atoms with Crippen LogP contribution in [0.2, 0.25) is 0 Å². The first kappa shape index (κ1) is 25.1. The maximum absolute atomic E-state index is 11.7. The molecule has 0 bridgehead atoms. The number of nitrogens with zero attached hydrogens (tertiary/aromatic N) is 2. The van der Waals surface area contributed by atoms with Gasteiger partial charge in [-0.15, -0.1) is 0 Å². The van der Waals surface area contributed by atoms with Crippen molar-refractivity contribution < 1.29 is 14.3 Å². The molecule has 4 rings (SSSR count). The number of guanidine groups is 2. The van der Waals surface area contributed by atoms with Crippen LogP contribution < -0.4 is 21.5 Å². The van der Waals surface area contributed by atoms with Gasteiger partial charge in [0.2, 0.25) is 11.9 Å². The molecule has 9 nitrogen and oxygen atoms in total. The van der Waals surface area contributed by atoms with Gasteiger partial charge in [0.1, 0.15) is 11.9 Å². The Morgan fingerprint density at radius 2 is 1.88 bits per heavy atom. The summed E-state index contributed by atoms with van der Waals surface area (Å²) in [6.07, 6.45) is 3.66. The normalized spacial score (nSPS) is 18.5. The Bertz CT molecular complexity index is 1070. The molecule has 6 N–H and O–H groups in total. The zero-order valence-corrected chi connectivity index (χ0v) is 20.1. The Labute approximate surface area is 203 Å². The first-order valence-electron chi connectivity index (χ1n) is 10.9. The fourth-order valence-electron chi connectivity index (χ4n) is 3.61. The number of benzene rings is 2. The second kappa shape index (κ2) is 11.6. The molecule has 0 aliphatic carbocycles. The molecular formula is C24H30N6O3S. The quantitative estimate of drug-likeness (QED) is 0.386. The summed E-state index contributed by atoms with van der Waals surface area (Å²) in [5.74, 6) is 0.714. The van der Waals surface area contributed by atoms with Crippen LogP contribution in [0.15, 0.2) is 53.5 Å². The first-order chi connectivity index (χ1) is 16.2. The van der Waals surface area contributed by atoms with Crippen LogP contribution in [0.1, 0.15) is 23.1 Å². The highest BCUT2D eigenvalue weighted by Crippen LogP contribution is 2.31. The highest BCUT2D eigenvalue weighted by molar-refractivity contribution is 8.15. The molecule has 2 aromatic carbocycles. The number of nitrogens with one attached hydrogen (secondary N) is 2. The van der Waals surface area contributed by atoms with Crippen molar-refractivity contribution in [3.05, 3.63) is 65.2 Å². The number of nitrogens with two attached hydrogens (primary N) is 2. The number of thioether (sulfide) groups is 1. The standard InChI is InChI=1S/C20H19NO3S.C4H11N5/c22-19-18(25-20(23)21-19)12-14-6-9-17-15(10-14)7-8-16(24-17)11-13-4-2-1-3-5-13;1-9(2)4(7)8-3(5)6/h1-6,9-10,16,18H,7-8,11-12H2,(H,21,22,23);1-2H3,(H5,5,6,7,8)/t16-,18?;/m1./s1. The number of carbonyl (C=O) groups is 2. The highest BCUT2D eigenvalue weighted by atomic mass is 32.2. The molecule has 0 saturated carbocycles. The van der Waals surface area contributed by atoms with Gasteiger partial charge in [-0.1, -0.05) is 54.2 Å². The van der Waals surface area contributed by atoms with Crippen molar-refractivity contribution in [3.63, 3.8) is 0 Å². The predicted octanol–water partition coefficient (Wildman–Crippen LogP) is 2.27. The Morgan fingerprint density at radius 3 is 2.47 bits per heavy atom. The van der Waals surface area contributed by atoms with E-state index in [0.717, 1.165) is 42.3 Å². The molecule has 1 unspecified atom stereocenters. The number of hydrogen-bond donors (Lipinski definition) is 4. The highest BCUT2D eigenvalue weighted by Gasteiger charge is 2.31. The maximum Gasteiger partial charge on any atom is 0.286 e. The summed E-state index contributed by atoms with van der Waals surface area (Å²) in [6, 6.07) is 16.5. The van der Waals surface area contributed by atoms with Gasteiger partial charge in [-0.3, -0.25) is 20.3 Å². The van der Waals surface area contributed by atoms with Gasteiger partial charge in [0.15, 0.2) is 5.96 Å². The molecule has 2 aromatic rings. The molecule has 2 atom stereocenters. The van der Waals surface area contributed by atoms with E-state index in [4.69, 9.17) is 21.6 Å². The van der Waals surface area contributed by atoms with Gasteiger partial charge in [0.05, 0.1) is 5.25 Å². The number of aliphatic imine (C=N–C) groups is 1. The lowest BCUT2D eigenvalue weighted by atomic mass is 9.95. The van der Waals surface area contributed by atoms with Crippen LogP contribution in [-0.2, 0) is 24.1 Å². The van der Waals surface area contributed by atoms with Crippen LogP contribution in [-0.4, -0.2) is 53.4 Å². The third-order valence-corrected chi connectivity index (χ3v) is 6.29. The van der Waals surface area contributed by atoms with E-state index in [1.54, 1.807) is 14.1 Å². The Balaban J connectivity index is 0.000000309. The van der Waals surface area contributed by atoms with Crippen LogP contribution >= 0.6 is 11.8 Å². The minimum absolute atomic E-state index is 0.0509. The van der Waals surface area contributed by atoms with Crippen LogP contribution in [0, 0.1) is 5.41 Å². The van der Waals surface area contributed by atoms with Gasteiger partial charge in [0, 0.05) is 20.5 Å². The first-order valence-corrected chi connectivity index (χ1v) is 11.8. The number of fused-ring (bicyclic) bond motifs is 1. The topological polar surface area (TPSA) is 147 Å². The SMILES string of the molecule is CN(C)C(=N)N=C(N)N.O=C1NC(=O)C(Cc2ccc3c(c2)CC[C@H](Cc2ccccc2)O3)S1. The van der Waals surface area contributed by atoms with Crippen molar-refractivity contribution in [2.75, 3.05) is 14.1 Å². The van der Waals surface area contributed by atoms with Crippen molar-refractivity contribution in [1.29, 1.82) is 5.41 Å². The number of hydrogen-bond acceptors (Lipinski definition) is 5. The van der Waals surface area contributed by atoms with E-state index in [2.05, 4.69) is 40.6 Å². The number of rotatable bonds is 4. The number of aryl methyl sites for hydroxylation is 1. The molecule has 2 aliphatic rings. The van der Waals surface area contributed by atoms with Crippen molar-refractivity contribution in [1.82, 2.24) is 10.2 Å². The second-order valence-corrected chi connectivity index (χ2v) is 9.43. The fourth-order valence-corrected chi connectivity index (χ4v) is 4.47. The minimum Gasteiger partial charge on any atom is -0.490 e. The van der Waals surface area contributed by atoms with E-state index >= 15 is 0 Å². The summed E-state index contributed by atoms with van der Waals surface area (Å²) in [4.78, 5) is 28.0. The Hall–Kier alpha value is -3.53. The van der Waals surface area contributed by atoms with Gasteiger partial charge >= 0.3 is 0 Å². The lowest BCUT2D eigenvalue weighted by Crippen LogP contribution is -2.28. The smallest absolute Gasteiger partial charge is 0.286 e. The average molecular weight is 483 g/mol. The largest absolute Gasteiger partial charge is 0.490 e. The predicted molar refractivity (Wildman–Crippen MR) is 135 cm³/mol. The molecule has 1 fully saturated rings. The lowest BCUT2D eigenvalue weighted by molar-refractivity contribution is -0.118. The van der Waals surface area contributed by atoms with Gasteiger partial charge < -0.3 is 21.1 Å². The van der Waals surface area contributed by atoms with E-state index in [9.17, 15) is 9.59 Å². The second-order valence-electron chi connectivity index (χ2n) is 8.25. The van der Waals surface area contributed by atoms with Crippen molar-refractivity contribution in [2.45, 2.75) is 37.0 Å². The molecular weight excluding hydrogens is 452 g/mol. The summed E-state index contributed by atoms with van der Waals surface area (Å²) >= 11 is 1.08. The average Bonchev–Trinajstić information content (AvgIpc) is 3.11. The Morgan fingerprint density at radius 1 is 1.15 bits per heavy atom. The molecule has 0 spiro atoms. The summed E-state index contributed by atoms with van der Waals surface area (Å²) < 4.78 is 6.16. The van der Waals surface area contributed by atoms with Crippen LogP contribution in [0.4, 0.5) is 4.79 Å². The molecule has 34 heavy (non-hydrogen) atoms. The molecule has 2 amide bonds. The molecule has 1 saturated heterocycles. The monoisotopic (exact) mass is 482 g/mol. The van der Waals surface area contributed by atoms with Crippen molar-refractivity contribution >= 4 is 34.8 Å². The van der Waals surface area contributed by atoms with E-state index < -0.39 is 0 Å². The van der Waals surface area contributed by atoms with Gasteiger partial charge in [-0.25, -0.2) is 0 Å². The maximum atomic E-state index is 11.7. The lowest BCUT2D eigenvalue weighted by Gasteiger charge is -2.27. The van der Waals surface area contributed by atoms with E-state index in [-0.39, 0.29) is 34.4 Å². The third-order valence-electron chi connectivity index (χ3n) is 5.31.